The second kappa shape index (κ2) is 33.1. The fraction of sp³-hybridized carbons (Fsp3) is 0. The van der Waals surface area contributed by atoms with Gasteiger partial charge >= 0.3 is 0 Å². The normalized spacial score (nSPS) is 11.8. The van der Waals surface area contributed by atoms with Gasteiger partial charge in [-0.3, -0.25) is 0 Å². The number of rotatable bonds is 14. The van der Waals surface area contributed by atoms with Gasteiger partial charge in [0, 0.05) is 130 Å². The van der Waals surface area contributed by atoms with E-state index in [1.807, 2.05) is 144 Å². The molecule has 0 unspecified atom stereocenters. The molecule has 0 bridgehead atoms. The maximum Gasteiger partial charge on any atom is 0.164 e. The van der Waals surface area contributed by atoms with Gasteiger partial charge in [-0.25, -0.2) is 29.9 Å². The van der Waals surface area contributed by atoms with Crippen molar-refractivity contribution in [2.45, 2.75) is 0 Å². The highest BCUT2D eigenvalue weighted by atomic mass is 32.1. The predicted octanol–water partition coefficient (Wildman–Crippen LogP) is 33.5. The van der Waals surface area contributed by atoms with E-state index in [0.717, 1.165) is 72.5 Å². The zero-order chi connectivity index (χ0) is 90.8. The third-order valence-corrected chi connectivity index (χ3v) is 29.7. The standard InChI is InChI=1S/2C63H39N5S/c1-4-17-40(18-5-1)61-64-62(41-19-6-2-7-20-41)66-63(65-61)45-23-14-21-42(37-45)43-22-15-26-47(38-43)67-55-31-12-11-28-50(55)54-39-44(33-36-57(54)67)48-29-16-30-52-53-35-34-51-49-27-10-13-32-56(49)68(46-24-8-3-9-25-46)58(51)60(53)69-59(48)52;1-4-15-42(16-5-1)61-64-62(43-17-6-2-7-18-43)66-63(65-61)44-29-27-40(28-30-44)41-31-34-47(35-32-41)67-55-25-12-11-22-50(55)54-39-45(33-38-57(54)67)48-23-14-24-52-53-37-36-51-49-21-10-13-26-56(49)68(46-19-8-3-9-20-46)58(51)60(53)69-59(48)52/h2*1-39H. The van der Waals surface area contributed by atoms with Gasteiger partial charge in [-0.05, 0) is 148 Å². The van der Waals surface area contributed by atoms with E-state index in [0.29, 0.717) is 34.9 Å². The van der Waals surface area contributed by atoms with Crippen LogP contribution in [0.2, 0.25) is 0 Å². The monoisotopic (exact) mass is 1790 g/mol. The van der Waals surface area contributed by atoms with Gasteiger partial charge in [0.05, 0.1) is 53.5 Å². The molecule has 0 radical (unpaired) electrons. The number of para-hydroxylation sites is 6. The summed E-state index contributed by atoms with van der Waals surface area (Å²) in [5.41, 5.74) is 29.2. The molecule has 10 nitrogen and oxygen atoms in total. The molecular weight excluding hydrogens is 1720 g/mol. The Labute approximate surface area is 801 Å². The minimum atomic E-state index is 0.633. The summed E-state index contributed by atoms with van der Waals surface area (Å²) < 4.78 is 14.9. The molecule has 138 heavy (non-hydrogen) atoms. The third kappa shape index (κ3) is 13.5. The first kappa shape index (κ1) is 79.8. The van der Waals surface area contributed by atoms with Gasteiger partial charge in [-0.15, -0.1) is 22.7 Å². The molecule has 0 aliphatic heterocycles. The van der Waals surface area contributed by atoms with Crippen molar-refractivity contribution in [1.82, 2.24) is 48.2 Å². The van der Waals surface area contributed by atoms with Crippen LogP contribution < -0.4 is 0 Å². The summed E-state index contributed by atoms with van der Waals surface area (Å²) in [6.07, 6.45) is 0. The Bertz CT molecular complexity index is 9570. The van der Waals surface area contributed by atoms with Crippen LogP contribution in [0.15, 0.2) is 473 Å². The van der Waals surface area contributed by atoms with Gasteiger partial charge in [-0.2, -0.15) is 0 Å². The highest BCUT2D eigenvalue weighted by molar-refractivity contribution is 7.27. The Hall–Kier alpha value is -17.9. The summed E-state index contributed by atoms with van der Waals surface area (Å²) in [5, 5.41) is 15.2. The Balaban J connectivity index is 0.000000139. The Morgan fingerprint density at radius 3 is 0.819 bits per heavy atom. The lowest BCUT2D eigenvalue weighted by atomic mass is 10.00. The van der Waals surface area contributed by atoms with Crippen LogP contribution >= 0.6 is 22.7 Å². The number of aromatic nitrogens is 10. The summed E-state index contributed by atoms with van der Waals surface area (Å²) in [5.74, 6) is 3.87. The van der Waals surface area contributed by atoms with Gasteiger partial charge in [0.25, 0.3) is 0 Å². The molecule has 8 aromatic heterocycles. The summed E-state index contributed by atoms with van der Waals surface area (Å²) in [6, 6.07) is 169. The van der Waals surface area contributed by atoms with E-state index >= 15 is 0 Å². The van der Waals surface area contributed by atoms with Crippen molar-refractivity contribution in [3.8, 4) is 136 Å². The molecule has 0 saturated heterocycles. The van der Waals surface area contributed by atoms with Gasteiger partial charge in [0.1, 0.15) is 0 Å². The lowest BCUT2D eigenvalue weighted by Gasteiger charge is -2.12. The van der Waals surface area contributed by atoms with Crippen molar-refractivity contribution in [3.63, 3.8) is 0 Å². The number of nitrogens with zero attached hydrogens (tertiary/aromatic N) is 10. The zero-order valence-corrected chi connectivity index (χ0v) is 76.0. The first-order chi connectivity index (χ1) is 68.4. The molecule has 28 aromatic rings. The quantitative estimate of drug-likeness (QED) is 0.108. The van der Waals surface area contributed by atoms with Crippen LogP contribution in [0.25, 0.3) is 263 Å². The van der Waals surface area contributed by atoms with Crippen LogP contribution in [0.4, 0.5) is 0 Å². The number of thiophene rings is 2. The molecule has 0 spiro atoms. The summed E-state index contributed by atoms with van der Waals surface area (Å²) in [6.45, 7) is 0. The molecule has 0 aliphatic rings. The van der Waals surface area contributed by atoms with Gasteiger partial charge in [-0.1, -0.05) is 370 Å². The predicted molar refractivity (Wildman–Crippen MR) is 577 cm³/mol. The SMILES string of the molecule is c1ccc(-c2nc(-c3ccccc3)nc(-c3ccc(-c4ccc(-n5c6ccccc6c6cc(-c7cccc8c7sc7c8ccc8c9ccccc9n(-c9ccccc9)c87)ccc65)cc4)cc3)n2)cc1.c1ccc(-c2nc(-c3ccccc3)nc(-c3cccc(-c4cccc(-n5c6ccccc6c6cc(-c7cccc8c7sc7c8ccc8c9ccccc9n(-c9ccccc9)c87)ccc65)c4)c3)n2)cc1. The zero-order valence-electron chi connectivity index (χ0n) is 74.3. The fourth-order valence-corrected chi connectivity index (χ4v) is 23.5. The first-order valence-corrected chi connectivity index (χ1v) is 48.2. The summed E-state index contributed by atoms with van der Waals surface area (Å²) in [7, 11) is 0. The Kier molecular flexibility index (Phi) is 19.1. The van der Waals surface area contributed by atoms with Gasteiger partial charge < -0.3 is 18.3 Å². The summed E-state index contributed by atoms with van der Waals surface area (Å²) >= 11 is 3.82. The molecule has 20 aromatic carbocycles. The highest BCUT2D eigenvalue weighted by Crippen LogP contribution is 2.51. The van der Waals surface area contributed by atoms with Crippen molar-refractivity contribution < 1.29 is 0 Å². The molecular formula is C126H78N10S2. The van der Waals surface area contributed by atoms with Crippen LogP contribution in [0, 0.1) is 0 Å². The minimum absolute atomic E-state index is 0.633. The van der Waals surface area contributed by atoms with Crippen LogP contribution in [-0.2, 0) is 0 Å². The van der Waals surface area contributed by atoms with Gasteiger partial charge in [0.2, 0.25) is 0 Å². The number of hydrogen-bond acceptors (Lipinski definition) is 8. The summed E-state index contributed by atoms with van der Waals surface area (Å²) in [4.78, 5) is 29.7. The maximum absolute atomic E-state index is 5.03. The largest absolute Gasteiger partial charge is 0.309 e. The number of benzene rings is 20. The average Bonchev–Trinajstić information content (AvgIpc) is 1.56. The average molecular weight is 1800 g/mol. The minimum Gasteiger partial charge on any atom is -0.309 e. The molecule has 12 heteroatoms. The maximum atomic E-state index is 5.03. The highest BCUT2D eigenvalue weighted by Gasteiger charge is 2.26. The van der Waals surface area contributed by atoms with Crippen LogP contribution in [-0.4, -0.2) is 48.2 Å². The van der Waals surface area contributed by atoms with E-state index < -0.39 is 0 Å². The van der Waals surface area contributed by atoms with E-state index in [2.05, 4.69) is 370 Å². The van der Waals surface area contributed by atoms with E-state index in [4.69, 9.17) is 29.9 Å². The van der Waals surface area contributed by atoms with Gasteiger partial charge in [0.15, 0.2) is 34.9 Å². The third-order valence-electron chi connectivity index (χ3n) is 27.2. The molecule has 0 amide bonds. The smallest absolute Gasteiger partial charge is 0.164 e. The molecule has 8 heterocycles. The molecule has 0 aliphatic carbocycles. The Morgan fingerprint density at radius 1 is 0.138 bits per heavy atom. The van der Waals surface area contributed by atoms with Crippen molar-refractivity contribution >= 4 is 150 Å². The second-order valence-electron chi connectivity index (χ2n) is 35.1. The fourth-order valence-electron chi connectivity index (χ4n) is 20.7. The molecule has 0 atom stereocenters. The van der Waals surface area contributed by atoms with Crippen molar-refractivity contribution in [3.05, 3.63) is 473 Å². The number of hydrogen-bond donors (Lipinski definition) is 0. The van der Waals surface area contributed by atoms with E-state index in [1.165, 1.54) is 156 Å². The van der Waals surface area contributed by atoms with Crippen molar-refractivity contribution in [2.24, 2.45) is 0 Å². The molecule has 644 valence electrons. The van der Waals surface area contributed by atoms with Crippen LogP contribution in [0.3, 0.4) is 0 Å². The topological polar surface area (TPSA) is 97.1 Å². The van der Waals surface area contributed by atoms with E-state index in [9.17, 15) is 0 Å². The lowest BCUT2D eigenvalue weighted by molar-refractivity contribution is 1.07. The number of fused-ring (bicyclic) bond motifs is 20. The Morgan fingerprint density at radius 2 is 0.399 bits per heavy atom. The van der Waals surface area contributed by atoms with E-state index in [1.54, 1.807) is 0 Å². The van der Waals surface area contributed by atoms with Crippen molar-refractivity contribution in [2.75, 3.05) is 0 Å². The lowest BCUT2D eigenvalue weighted by Crippen LogP contribution is -2.00. The van der Waals surface area contributed by atoms with Crippen LogP contribution in [0.5, 0.6) is 0 Å². The van der Waals surface area contributed by atoms with Crippen LogP contribution in [0.1, 0.15) is 0 Å². The second-order valence-corrected chi connectivity index (χ2v) is 37.2. The van der Waals surface area contributed by atoms with Crippen molar-refractivity contribution in [1.29, 1.82) is 0 Å². The van der Waals surface area contributed by atoms with E-state index in [-0.39, 0.29) is 0 Å². The molecule has 0 fully saturated rings. The molecule has 0 saturated carbocycles. The molecule has 0 N–H and O–H groups in total. The first-order valence-electron chi connectivity index (χ1n) is 46.5. The molecule has 28 rings (SSSR count).